The van der Waals surface area contributed by atoms with Gasteiger partial charge in [-0.25, -0.2) is 4.79 Å². The van der Waals surface area contributed by atoms with Crippen LogP contribution < -0.4 is 47.7 Å². The molecule has 0 saturated carbocycles. The fourth-order valence-electron chi connectivity index (χ4n) is 15.0. The number of carboxylic acids is 3. The van der Waals surface area contributed by atoms with Gasteiger partial charge >= 0.3 is 23.9 Å². The summed E-state index contributed by atoms with van der Waals surface area (Å²) in [5, 5.41) is 92.4. The molecule has 612 valence electrons. The molecule has 114 heavy (non-hydrogen) atoms. The molecule has 38 nitrogen and oxygen atoms in total. The first-order chi connectivity index (χ1) is 54.3. The number of piperidine rings is 1. The van der Waals surface area contributed by atoms with E-state index in [1.54, 1.807) is 30.3 Å². The van der Waals surface area contributed by atoms with Gasteiger partial charge in [0.2, 0.25) is 59.1 Å². The molecule has 0 radical (unpaired) electrons. The summed E-state index contributed by atoms with van der Waals surface area (Å²) in [5.41, 5.74) is 5.98. The van der Waals surface area contributed by atoms with Crippen molar-refractivity contribution in [2.75, 3.05) is 38.0 Å². The van der Waals surface area contributed by atoms with E-state index in [4.69, 9.17) is 36.7 Å². The van der Waals surface area contributed by atoms with Crippen LogP contribution in [0.1, 0.15) is 162 Å². The second-order valence-electron chi connectivity index (χ2n) is 28.6. The van der Waals surface area contributed by atoms with Crippen LogP contribution in [-0.4, -0.2) is 249 Å². The summed E-state index contributed by atoms with van der Waals surface area (Å²) in [6.07, 6.45) is -2.65. The summed E-state index contributed by atoms with van der Waals surface area (Å²) >= 11 is 5.63. The molecule has 4 saturated heterocycles. The van der Waals surface area contributed by atoms with E-state index in [-0.39, 0.29) is 116 Å². The van der Waals surface area contributed by atoms with Gasteiger partial charge in [0, 0.05) is 92.8 Å². The Morgan fingerprint density at radius 3 is 1.86 bits per heavy atom. The van der Waals surface area contributed by atoms with Gasteiger partial charge in [-0.2, -0.15) is 0 Å². The standard InChI is InChI=1S/C75H91N13O25S/c1-38(70(106)87-28-6-4-9-55(87)72(108)88-36-45(113-78-35-43-16-17-44(37-89)110-43)34-56(88)68(104)82-51(22-25-61(96)97)65(101)81-50(64(76)100)21-24-60(94)95)79-69(105)63(39(2)90)84-67(103)54-11-8-30-86(54)71(107)52(23-26-62(98)99)83-66(102)53-10-7-29-85(53)59(93)12-3-5-27-77-74(114)80-40-13-18-46-49(31-40)75(112-73(46)109)47-19-14-41(91)32-57(47)111-58-33-42(92)15-20-48(58)75/h13-20,31-33,35,38-39,45,50-56,63,89-92H,3-12,21-30,34,36-37H2,1-2H3,(H2,76,100)(H,79,105)(H,81,101)(H,82,104)(H,83,102)(H,84,103)(H,94,95)(H,96,97)(H,98,99)(H2,77,80,114)/b78-35-/t38-,39+,45-,50-,51-,52-,53-,54-,55?,56-,63-/m0/s1. The highest BCUT2D eigenvalue weighted by atomic mass is 32.1. The molecule has 10 amide bonds. The van der Waals surface area contributed by atoms with E-state index < -0.39 is 194 Å². The minimum Gasteiger partial charge on any atom is -0.508 e. The molecule has 11 atom stereocenters. The zero-order valence-electron chi connectivity index (χ0n) is 62.2. The number of aliphatic hydroxyl groups excluding tert-OH is 2. The number of aliphatic carboxylic acids is 3. The summed E-state index contributed by atoms with van der Waals surface area (Å²) in [6, 6.07) is 3.55. The number of esters is 1. The van der Waals surface area contributed by atoms with Gasteiger partial charge in [-0.1, -0.05) is 5.16 Å². The molecule has 6 aliphatic rings. The minimum atomic E-state index is -1.78. The third-order valence-corrected chi connectivity index (χ3v) is 20.9. The topological polar surface area (TPSA) is 557 Å². The fourth-order valence-corrected chi connectivity index (χ4v) is 15.2. The molecule has 7 heterocycles. The number of nitrogens with zero attached hydrogens (tertiary/aromatic N) is 5. The van der Waals surface area contributed by atoms with E-state index in [9.17, 15) is 103 Å². The minimum absolute atomic E-state index is 0.0173. The number of likely N-dealkylation sites (tertiary alicyclic amines) is 4. The smallest absolute Gasteiger partial charge is 0.340 e. The summed E-state index contributed by atoms with van der Waals surface area (Å²) in [6.45, 7) is 2.10. The molecule has 16 N–H and O–H groups in total. The highest BCUT2D eigenvalue weighted by Gasteiger charge is 2.55. The zero-order chi connectivity index (χ0) is 82.4. The summed E-state index contributed by atoms with van der Waals surface area (Å²) in [7, 11) is 0. The number of anilines is 1. The first kappa shape index (κ1) is 84.4. The largest absolute Gasteiger partial charge is 0.508 e. The SMILES string of the molecule is C[C@H](NC(=O)[C@@H](NC(=O)[C@@H]1CCCN1C(=O)[C@H](CCC(=O)O)NC(=O)[C@@H]1CCCN1C(=O)CCCCNC(=S)Nc1ccc2c(c1)C1(OC2=O)c2ccc(O)cc2Oc2cc(O)ccc21)[C@@H](C)O)C(=O)N1CCCCC1C(=O)N1C[C@@H](O/N=C\c2ccc(CO)o2)C[C@H]1C(=O)N[C@@H](CCC(=O)O)C(=O)N[C@@H](CCC(=O)O)C(N)=O. The average molecular weight is 1610 g/mol. The summed E-state index contributed by atoms with van der Waals surface area (Å²) < 4.78 is 17.6. The number of nitrogens with one attached hydrogen (secondary N) is 7. The van der Waals surface area contributed by atoms with E-state index >= 15 is 0 Å². The number of aliphatic hydroxyl groups is 2. The maximum Gasteiger partial charge on any atom is 0.340 e. The van der Waals surface area contributed by atoms with E-state index in [2.05, 4.69) is 42.4 Å². The lowest BCUT2D eigenvalue weighted by Gasteiger charge is -2.39. The zero-order valence-corrected chi connectivity index (χ0v) is 63.1. The Bertz CT molecular complexity index is 4370. The van der Waals surface area contributed by atoms with E-state index in [1.807, 2.05) is 0 Å². The Balaban J connectivity index is 0.732. The number of unbranched alkanes of at least 4 members (excludes halogenated alkanes) is 1. The summed E-state index contributed by atoms with van der Waals surface area (Å²) in [5.74, 6) is -12.8. The maximum absolute atomic E-state index is 15.0. The van der Waals surface area contributed by atoms with E-state index in [0.29, 0.717) is 61.0 Å². The number of amides is 10. The Hall–Kier alpha value is -12.0. The molecule has 3 aromatic carbocycles. The number of rotatable bonds is 34. The lowest BCUT2D eigenvalue weighted by atomic mass is 9.77. The van der Waals surface area contributed by atoms with Gasteiger partial charge in [0.05, 0.1) is 18.2 Å². The van der Waals surface area contributed by atoms with Crippen LogP contribution in [0, 0.1) is 0 Å². The van der Waals surface area contributed by atoms with Crippen molar-refractivity contribution in [3.8, 4) is 23.0 Å². The van der Waals surface area contributed by atoms with Gasteiger partial charge < -0.3 is 117 Å². The number of furan rings is 1. The van der Waals surface area contributed by atoms with Crippen LogP contribution in [0.15, 0.2) is 76.3 Å². The monoisotopic (exact) mass is 1610 g/mol. The van der Waals surface area contributed by atoms with Crippen molar-refractivity contribution in [3.63, 3.8) is 0 Å². The second-order valence-corrected chi connectivity index (χ2v) is 29.0. The number of ether oxygens (including phenoxy) is 2. The molecule has 1 aromatic heterocycles. The first-order valence-corrected chi connectivity index (χ1v) is 37.8. The Morgan fingerprint density at radius 2 is 1.23 bits per heavy atom. The van der Waals surface area contributed by atoms with Gasteiger partial charge in [-0.05, 0) is 158 Å². The summed E-state index contributed by atoms with van der Waals surface area (Å²) in [4.78, 5) is 200. The molecule has 39 heteroatoms. The molecular formula is C75H91N13O25S. The van der Waals surface area contributed by atoms with Gasteiger partial charge in [-0.15, -0.1) is 0 Å². The van der Waals surface area contributed by atoms with Crippen LogP contribution in [0.2, 0.25) is 0 Å². The number of benzene rings is 3. The van der Waals surface area contributed by atoms with Crippen molar-refractivity contribution in [2.24, 2.45) is 10.9 Å². The molecule has 10 rings (SSSR count). The van der Waals surface area contributed by atoms with Gasteiger partial charge in [-0.3, -0.25) is 62.3 Å². The van der Waals surface area contributed by atoms with Crippen LogP contribution in [0.3, 0.4) is 0 Å². The molecule has 0 bridgehead atoms. The normalized spacial score (nSPS) is 20.1. The molecule has 4 fully saturated rings. The van der Waals surface area contributed by atoms with Crippen molar-refractivity contribution in [1.29, 1.82) is 0 Å². The third kappa shape index (κ3) is 20.1. The molecule has 0 aliphatic carbocycles. The number of carboxylic acid groups (broad SMARTS) is 3. The Kier molecular flexibility index (Phi) is 27.8. The number of nitrogens with two attached hydrogens (primary N) is 1. The quantitative estimate of drug-likeness (QED) is 0.00995. The number of oxime groups is 1. The Morgan fingerprint density at radius 1 is 0.640 bits per heavy atom. The first-order valence-electron chi connectivity index (χ1n) is 37.4. The highest BCUT2D eigenvalue weighted by molar-refractivity contribution is 7.80. The van der Waals surface area contributed by atoms with Gasteiger partial charge in [0.25, 0.3) is 0 Å². The maximum atomic E-state index is 15.0. The highest BCUT2D eigenvalue weighted by Crippen LogP contribution is 2.57. The number of carbonyl (C=O) groups excluding carboxylic acids is 11. The predicted molar refractivity (Wildman–Crippen MR) is 399 cm³/mol. The van der Waals surface area contributed by atoms with Crippen LogP contribution in [0.4, 0.5) is 5.69 Å². The number of phenols is 2. The number of phenolic OH excluding ortho intramolecular Hbond substituents is 2. The average Bonchev–Trinajstić information content (AvgIpc) is 1.47. The number of carbonyl (C=O) groups is 14. The van der Waals surface area contributed by atoms with E-state index in [1.165, 1.54) is 60.0 Å². The predicted octanol–water partition coefficient (Wildman–Crippen LogP) is 0.496. The van der Waals surface area contributed by atoms with Crippen molar-refractivity contribution in [3.05, 3.63) is 101 Å². The van der Waals surface area contributed by atoms with Gasteiger partial charge in [0.15, 0.2) is 10.7 Å². The molecule has 4 aromatic rings. The van der Waals surface area contributed by atoms with Crippen molar-refractivity contribution < 1.29 is 122 Å². The number of hydrogen-bond acceptors (Lipinski definition) is 24. The molecule has 1 spiro atoms. The second kappa shape index (κ2) is 37.6. The van der Waals surface area contributed by atoms with Crippen LogP contribution >= 0.6 is 12.2 Å². The van der Waals surface area contributed by atoms with Crippen LogP contribution in [-0.2, 0) is 84.1 Å². The third-order valence-electron chi connectivity index (χ3n) is 20.6. The Labute approximate surface area is 656 Å². The van der Waals surface area contributed by atoms with Crippen LogP contribution in [0.25, 0.3) is 0 Å². The van der Waals surface area contributed by atoms with Crippen molar-refractivity contribution in [2.45, 2.75) is 202 Å². The van der Waals surface area contributed by atoms with Crippen molar-refractivity contribution in [1.82, 2.24) is 51.5 Å². The molecule has 6 aliphatic heterocycles. The lowest BCUT2D eigenvalue weighted by Crippen LogP contribution is -2.62. The molecular weight excluding hydrogens is 1510 g/mol. The van der Waals surface area contributed by atoms with Crippen LogP contribution in [0.5, 0.6) is 23.0 Å². The fraction of sp³-hybridized carbons (Fsp3) is 0.493. The lowest BCUT2D eigenvalue weighted by molar-refractivity contribution is -0.151. The van der Waals surface area contributed by atoms with E-state index in [0.717, 1.165) is 16.0 Å². The number of primary amides is 1. The number of aromatic hydroxyl groups is 2. The molecule has 1 unspecified atom stereocenters. The number of hydrogen-bond donors (Lipinski definition) is 15. The number of thiocarbonyl (C=S) groups is 1. The number of fused-ring (bicyclic) bond motifs is 6. The van der Waals surface area contributed by atoms with Gasteiger partial charge in [0.1, 0.15) is 108 Å². The van der Waals surface area contributed by atoms with Crippen molar-refractivity contribution >= 4 is 112 Å².